The van der Waals surface area contributed by atoms with E-state index in [4.69, 9.17) is 11.6 Å². The van der Waals surface area contributed by atoms with E-state index in [2.05, 4.69) is 5.32 Å². The average Bonchev–Trinajstić information content (AvgIpc) is 2.34. The fourth-order valence-electron chi connectivity index (χ4n) is 1.91. The summed E-state index contributed by atoms with van der Waals surface area (Å²) in [6.45, 7) is 2.90. The lowest BCUT2D eigenvalue weighted by Gasteiger charge is -2.30. The summed E-state index contributed by atoms with van der Waals surface area (Å²) in [6, 6.07) is 7.25. The van der Waals surface area contributed by atoms with Gasteiger partial charge in [0.2, 0.25) is 5.91 Å². The molecule has 0 radical (unpaired) electrons. The second-order valence-corrected chi connectivity index (χ2v) is 4.95. The van der Waals surface area contributed by atoms with E-state index in [0.717, 1.165) is 12.0 Å². The van der Waals surface area contributed by atoms with Crippen LogP contribution in [0.15, 0.2) is 24.3 Å². The molecule has 1 atom stereocenters. The van der Waals surface area contributed by atoms with Gasteiger partial charge in [-0.25, -0.2) is 4.79 Å². The molecule has 0 saturated carbocycles. The van der Waals surface area contributed by atoms with Gasteiger partial charge < -0.3 is 4.90 Å². The van der Waals surface area contributed by atoms with E-state index in [9.17, 15) is 9.59 Å². The molecule has 96 valence electrons. The molecule has 2 rings (SSSR count). The summed E-state index contributed by atoms with van der Waals surface area (Å²) < 4.78 is 0. The summed E-state index contributed by atoms with van der Waals surface area (Å²) >= 11 is 5.81. The number of nitrogens with zero attached hydrogens (tertiary/aromatic N) is 1. The van der Waals surface area contributed by atoms with E-state index in [1.54, 1.807) is 4.90 Å². The van der Waals surface area contributed by atoms with Gasteiger partial charge in [-0.15, -0.1) is 0 Å². The molecule has 0 spiro atoms. The first-order valence-corrected chi connectivity index (χ1v) is 6.28. The van der Waals surface area contributed by atoms with E-state index in [-0.39, 0.29) is 17.9 Å². The van der Waals surface area contributed by atoms with Crippen LogP contribution >= 0.6 is 11.6 Å². The zero-order valence-corrected chi connectivity index (χ0v) is 10.9. The van der Waals surface area contributed by atoms with Crippen molar-refractivity contribution in [3.63, 3.8) is 0 Å². The quantitative estimate of drug-likeness (QED) is 0.911. The van der Waals surface area contributed by atoms with Gasteiger partial charge in [0.1, 0.15) is 0 Å². The van der Waals surface area contributed by atoms with Crippen LogP contribution in [0.1, 0.15) is 12.5 Å². The molecule has 4 nitrogen and oxygen atoms in total. The Morgan fingerprint density at radius 1 is 1.33 bits per heavy atom. The minimum absolute atomic E-state index is 0.145. The summed E-state index contributed by atoms with van der Waals surface area (Å²) in [5.74, 6) is -0.337. The lowest BCUT2D eigenvalue weighted by Crippen LogP contribution is -2.54. The highest BCUT2D eigenvalue weighted by Gasteiger charge is 2.28. The van der Waals surface area contributed by atoms with Crippen molar-refractivity contribution in [2.45, 2.75) is 13.3 Å². The maximum atomic E-state index is 11.6. The Morgan fingerprint density at radius 3 is 2.67 bits per heavy atom. The predicted octanol–water partition coefficient (Wildman–Crippen LogP) is 2.07. The third-order valence-electron chi connectivity index (χ3n) is 3.04. The number of halogens is 1. The number of carbonyl (C=O) groups is 2. The number of nitrogens with one attached hydrogen (secondary N) is 1. The number of amides is 3. The molecular formula is C13H15ClN2O2. The Labute approximate surface area is 111 Å². The van der Waals surface area contributed by atoms with Gasteiger partial charge in [-0.1, -0.05) is 30.7 Å². The highest BCUT2D eigenvalue weighted by atomic mass is 35.5. The third kappa shape index (κ3) is 3.01. The number of carbonyl (C=O) groups excluding carboxylic acids is 2. The van der Waals surface area contributed by atoms with Crippen LogP contribution in [0.5, 0.6) is 0 Å². The standard InChI is InChI=1S/C13H15ClN2O2/c1-9-8-16(13(18)15-12(9)17)7-6-10-2-4-11(14)5-3-10/h2-5,9H,6-8H2,1H3,(H,15,17,18). The van der Waals surface area contributed by atoms with Gasteiger partial charge >= 0.3 is 6.03 Å². The van der Waals surface area contributed by atoms with Crippen LogP contribution < -0.4 is 5.32 Å². The second-order valence-electron chi connectivity index (χ2n) is 4.52. The molecule has 1 aromatic carbocycles. The minimum atomic E-state index is -0.299. The van der Waals surface area contributed by atoms with Gasteiger partial charge in [-0.05, 0) is 24.1 Å². The highest BCUT2D eigenvalue weighted by Crippen LogP contribution is 2.12. The van der Waals surface area contributed by atoms with Crippen LogP contribution in [-0.4, -0.2) is 29.9 Å². The molecule has 0 bridgehead atoms. The number of benzene rings is 1. The molecule has 1 heterocycles. The summed E-state index contributed by atoms with van der Waals surface area (Å²) in [6.07, 6.45) is 0.755. The van der Waals surface area contributed by atoms with Crippen molar-refractivity contribution < 1.29 is 9.59 Å². The van der Waals surface area contributed by atoms with Gasteiger partial charge in [0.05, 0.1) is 5.92 Å². The van der Waals surface area contributed by atoms with E-state index < -0.39 is 0 Å². The molecule has 0 aromatic heterocycles. The topological polar surface area (TPSA) is 49.4 Å². The number of rotatable bonds is 3. The van der Waals surface area contributed by atoms with E-state index >= 15 is 0 Å². The molecule has 1 unspecified atom stereocenters. The SMILES string of the molecule is CC1CN(CCc2ccc(Cl)cc2)C(=O)NC1=O. The maximum absolute atomic E-state index is 11.6. The number of imide groups is 1. The monoisotopic (exact) mass is 266 g/mol. The number of hydrogen-bond acceptors (Lipinski definition) is 2. The third-order valence-corrected chi connectivity index (χ3v) is 3.29. The number of hydrogen-bond donors (Lipinski definition) is 1. The van der Waals surface area contributed by atoms with E-state index in [1.807, 2.05) is 31.2 Å². The van der Waals surface area contributed by atoms with Crippen molar-refractivity contribution in [3.05, 3.63) is 34.9 Å². The van der Waals surface area contributed by atoms with Crippen molar-refractivity contribution in [1.29, 1.82) is 0 Å². The van der Waals surface area contributed by atoms with Gasteiger partial charge in [0, 0.05) is 18.1 Å². The smallest absolute Gasteiger partial charge is 0.323 e. The zero-order valence-electron chi connectivity index (χ0n) is 10.1. The molecule has 0 aliphatic carbocycles. The van der Waals surface area contributed by atoms with Gasteiger partial charge in [0.25, 0.3) is 0 Å². The van der Waals surface area contributed by atoms with Crippen LogP contribution in [0.4, 0.5) is 4.79 Å². The van der Waals surface area contributed by atoms with Gasteiger partial charge in [-0.3, -0.25) is 10.1 Å². The first kappa shape index (κ1) is 12.9. The Kier molecular flexibility index (Phi) is 3.87. The van der Waals surface area contributed by atoms with Crippen LogP contribution in [0.3, 0.4) is 0 Å². The normalized spacial score (nSPS) is 19.9. The fraction of sp³-hybridized carbons (Fsp3) is 0.385. The van der Waals surface area contributed by atoms with Crippen molar-refractivity contribution in [2.24, 2.45) is 5.92 Å². The van der Waals surface area contributed by atoms with Crippen LogP contribution in [0.25, 0.3) is 0 Å². The van der Waals surface area contributed by atoms with E-state index in [1.165, 1.54) is 0 Å². The molecule has 1 saturated heterocycles. The number of urea groups is 1. The maximum Gasteiger partial charge on any atom is 0.324 e. The van der Waals surface area contributed by atoms with Crippen LogP contribution in [0.2, 0.25) is 5.02 Å². The summed E-state index contributed by atoms with van der Waals surface area (Å²) in [7, 11) is 0. The Hall–Kier alpha value is -1.55. The molecule has 18 heavy (non-hydrogen) atoms. The molecule has 1 aliphatic rings. The van der Waals surface area contributed by atoms with Crippen molar-refractivity contribution in [3.8, 4) is 0 Å². The van der Waals surface area contributed by atoms with Crippen molar-refractivity contribution >= 4 is 23.5 Å². The first-order chi connectivity index (χ1) is 8.56. The molecule has 1 aromatic rings. The molecule has 1 aliphatic heterocycles. The molecule has 1 fully saturated rings. The predicted molar refractivity (Wildman–Crippen MR) is 69.4 cm³/mol. The molecule has 3 amide bonds. The lowest BCUT2D eigenvalue weighted by molar-refractivity contribution is -0.125. The Balaban J connectivity index is 1.92. The lowest BCUT2D eigenvalue weighted by atomic mass is 10.1. The van der Waals surface area contributed by atoms with Crippen molar-refractivity contribution in [2.75, 3.05) is 13.1 Å². The zero-order chi connectivity index (χ0) is 13.1. The Morgan fingerprint density at radius 2 is 2.00 bits per heavy atom. The molecular weight excluding hydrogens is 252 g/mol. The largest absolute Gasteiger partial charge is 0.324 e. The average molecular weight is 267 g/mol. The van der Waals surface area contributed by atoms with Crippen molar-refractivity contribution in [1.82, 2.24) is 10.2 Å². The fourth-order valence-corrected chi connectivity index (χ4v) is 2.04. The van der Waals surface area contributed by atoms with Crippen LogP contribution in [-0.2, 0) is 11.2 Å². The second kappa shape index (κ2) is 5.40. The first-order valence-electron chi connectivity index (χ1n) is 5.90. The van der Waals surface area contributed by atoms with E-state index in [0.29, 0.717) is 18.1 Å². The summed E-state index contributed by atoms with van der Waals surface area (Å²) in [4.78, 5) is 24.6. The minimum Gasteiger partial charge on any atom is -0.323 e. The highest BCUT2D eigenvalue weighted by molar-refractivity contribution is 6.30. The van der Waals surface area contributed by atoms with Crippen LogP contribution in [0, 0.1) is 5.92 Å². The molecule has 5 heteroatoms. The van der Waals surface area contributed by atoms with Gasteiger partial charge in [-0.2, -0.15) is 0 Å². The summed E-state index contributed by atoms with van der Waals surface area (Å²) in [5, 5.41) is 3.05. The summed E-state index contributed by atoms with van der Waals surface area (Å²) in [5.41, 5.74) is 1.12. The Bertz CT molecular complexity index is 459. The molecule has 1 N–H and O–H groups in total. The van der Waals surface area contributed by atoms with Gasteiger partial charge in [0.15, 0.2) is 0 Å².